The van der Waals surface area contributed by atoms with E-state index < -0.39 is 28.0 Å². The van der Waals surface area contributed by atoms with Gasteiger partial charge >= 0.3 is 0 Å². The molecule has 0 aromatic heterocycles. The third-order valence-electron chi connectivity index (χ3n) is 5.23. The van der Waals surface area contributed by atoms with E-state index in [9.17, 15) is 17.6 Å². The predicted molar refractivity (Wildman–Crippen MR) is 125 cm³/mol. The van der Waals surface area contributed by atoms with Crippen molar-refractivity contribution in [3.63, 3.8) is 0 Å². The van der Waals surface area contributed by atoms with Crippen molar-refractivity contribution in [1.29, 1.82) is 0 Å². The fourth-order valence-electron chi connectivity index (χ4n) is 3.43. The van der Waals surface area contributed by atoms with E-state index in [0.29, 0.717) is 5.56 Å². The van der Waals surface area contributed by atoms with Gasteiger partial charge in [0.25, 0.3) is 0 Å². The van der Waals surface area contributed by atoms with Crippen molar-refractivity contribution in [1.82, 2.24) is 10.0 Å². The minimum absolute atomic E-state index is 0.0394. The zero-order valence-corrected chi connectivity index (χ0v) is 19.5. The van der Waals surface area contributed by atoms with Crippen molar-refractivity contribution >= 4 is 15.9 Å². The molecule has 0 heterocycles. The van der Waals surface area contributed by atoms with Gasteiger partial charge in [0, 0.05) is 0 Å². The summed E-state index contributed by atoms with van der Waals surface area (Å²) in [6.45, 7) is 3.53. The van der Waals surface area contributed by atoms with Crippen LogP contribution in [0.2, 0.25) is 0 Å². The Labute approximate surface area is 193 Å². The smallest absolute Gasteiger partial charge is 0.244 e. The standard InChI is InChI=1S/C25H27FN2O4S/c1-17-9-14-23(32-3)24(15-17)33(30,31)28-22(16-19-7-5-4-6-8-19)25(29)27-18(2)20-10-12-21(26)13-11-20/h4-15,18,22,28H,16H2,1-3H3,(H,27,29)/t18-,22-/m1/s1. The van der Waals surface area contributed by atoms with Gasteiger partial charge in [-0.15, -0.1) is 0 Å². The molecule has 0 radical (unpaired) electrons. The van der Waals surface area contributed by atoms with Crippen molar-refractivity contribution in [2.24, 2.45) is 0 Å². The van der Waals surface area contributed by atoms with E-state index in [0.717, 1.165) is 11.1 Å². The molecule has 2 atom stereocenters. The van der Waals surface area contributed by atoms with E-state index >= 15 is 0 Å². The number of hydrogen-bond donors (Lipinski definition) is 2. The zero-order chi connectivity index (χ0) is 24.0. The Bertz CT molecular complexity index is 1200. The van der Waals surface area contributed by atoms with Gasteiger partial charge in [0.15, 0.2) is 0 Å². The lowest BCUT2D eigenvalue weighted by Crippen LogP contribution is -2.48. The number of rotatable bonds is 9. The lowest BCUT2D eigenvalue weighted by Gasteiger charge is -2.22. The zero-order valence-electron chi connectivity index (χ0n) is 18.7. The number of nitrogens with one attached hydrogen (secondary N) is 2. The first kappa shape index (κ1) is 24.4. The quantitative estimate of drug-likeness (QED) is 0.497. The Morgan fingerprint density at radius 3 is 2.33 bits per heavy atom. The number of carbonyl (C=O) groups is 1. The number of amides is 1. The van der Waals surface area contributed by atoms with Crippen LogP contribution in [0.25, 0.3) is 0 Å². The summed E-state index contributed by atoms with van der Waals surface area (Å²) in [6, 6.07) is 18.2. The number of sulfonamides is 1. The molecule has 2 N–H and O–H groups in total. The molecule has 33 heavy (non-hydrogen) atoms. The molecule has 8 heteroatoms. The average Bonchev–Trinajstić information content (AvgIpc) is 2.79. The average molecular weight is 471 g/mol. The number of methoxy groups -OCH3 is 1. The number of hydrogen-bond acceptors (Lipinski definition) is 4. The summed E-state index contributed by atoms with van der Waals surface area (Å²) in [7, 11) is -2.69. The summed E-state index contributed by atoms with van der Waals surface area (Å²) in [5.41, 5.74) is 2.24. The first-order chi connectivity index (χ1) is 15.7. The molecule has 1 amide bonds. The lowest BCUT2D eigenvalue weighted by atomic mass is 10.0. The molecule has 3 rings (SSSR count). The van der Waals surface area contributed by atoms with Gasteiger partial charge in [-0.25, -0.2) is 12.8 Å². The van der Waals surface area contributed by atoms with E-state index in [1.807, 2.05) is 30.3 Å². The molecule has 174 valence electrons. The van der Waals surface area contributed by atoms with Crippen LogP contribution in [0.15, 0.2) is 77.7 Å². The molecule has 0 aliphatic heterocycles. The minimum Gasteiger partial charge on any atom is -0.495 e. The molecule has 3 aromatic carbocycles. The largest absolute Gasteiger partial charge is 0.495 e. The van der Waals surface area contributed by atoms with Crippen molar-refractivity contribution in [2.75, 3.05) is 7.11 Å². The number of halogens is 1. The van der Waals surface area contributed by atoms with E-state index in [1.54, 1.807) is 38.1 Å². The SMILES string of the molecule is COc1ccc(C)cc1S(=O)(=O)N[C@H](Cc1ccccc1)C(=O)N[C@H](C)c1ccc(F)cc1. The van der Waals surface area contributed by atoms with Gasteiger partial charge in [0.05, 0.1) is 13.2 Å². The number of benzene rings is 3. The summed E-state index contributed by atoms with van der Waals surface area (Å²) >= 11 is 0. The number of aryl methyl sites for hydroxylation is 1. The third-order valence-corrected chi connectivity index (χ3v) is 6.73. The number of ether oxygens (including phenoxy) is 1. The maximum Gasteiger partial charge on any atom is 0.244 e. The van der Waals surface area contributed by atoms with E-state index in [-0.39, 0.29) is 22.9 Å². The molecular weight excluding hydrogens is 443 g/mol. The summed E-state index contributed by atoms with van der Waals surface area (Å²) in [5.74, 6) is -0.684. The Balaban J connectivity index is 1.88. The van der Waals surface area contributed by atoms with E-state index in [1.165, 1.54) is 25.3 Å². The Morgan fingerprint density at radius 1 is 1.03 bits per heavy atom. The first-order valence-electron chi connectivity index (χ1n) is 10.5. The van der Waals surface area contributed by atoms with Gasteiger partial charge in [0.1, 0.15) is 22.5 Å². The van der Waals surface area contributed by atoms with Crippen LogP contribution in [0.1, 0.15) is 29.7 Å². The molecule has 0 saturated carbocycles. The van der Waals surface area contributed by atoms with Gasteiger partial charge < -0.3 is 10.1 Å². The molecular formula is C25H27FN2O4S. The highest BCUT2D eigenvalue weighted by atomic mass is 32.2. The van der Waals surface area contributed by atoms with Crippen LogP contribution in [0, 0.1) is 12.7 Å². The van der Waals surface area contributed by atoms with Crippen molar-refractivity contribution < 1.29 is 22.3 Å². The molecule has 0 aliphatic carbocycles. The monoisotopic (exact) mass is 470 g/mol. The Hall–Kier alpha value is -3.23. The fraction of sp³-hybridized carbons (Fsp3) is 0.240. The Kier molecular flexibility index (Phi) is 7.84. The van der Waals surface area contributed by atoms with Crippen molar-refractivity contribution in [3.8, 4) is 5.75 Å². The maximum absolute atomic E-state index is 13.2. The summed E-state index contributed by atoms with van der Waals surface area (Å²) in [5, 5.41) is 2.83. The first-order valence-corrected chi connectivity index (χ1v) is 11.9. The molecule has 0 aliphatic rings. The molecule has 0 bridgehead atoms. The topological polar surface area (TPSA) is 84.5 Å². The lowest BCUT2D eigenvalue weighted by molar-refractivity contribution is -0.123. The van der Waals surface area contributed by atoms with E-state index in [4.69, 9.17) is 4.74 Å². The molecule has 0 unspecified atom stereocenters. The van der Waals surface area contributed by atoms with E-state index in [2.05, 4.69) is 10.0 Å². The van der Waals surface area contributed by atoms with Gasteiger partial charge in [-0.1, -0.05) is 48.5 Å². The second-order valence-electron chi connectivity index (χ2n) is 7.80. The summed E-state index contributed by atoms with van der Waals surface area (Å²) < 4.78 is 47.5. The van der Waals surface area contributed by atoms with Gasteiger partial charge in [-0.05, 0) is 61.2 Å². The maximum atomic E-state index is 13.2. The highest BCUT2D eigenvalue weighted by Crippen LogP contribution is 2.25. The van der Waals surface area contributed by atoms with Gasteiger partial charge in [0.2, 0.25) is 15.9 Å². The molecule has 0 fully saturated rings. The highest BCUT2D eigenvalue weighted by Gasteiger charge is 2.29. The van der Waals surface area contributed by atoms with Gasteiger partial charge in [-0.3, -0.25) is 4.79 Å². The van der Waals surface area contributed by atoms with Crippen molar-refractivity contribution in [3.05, 3.63) is 95.3 Å². The Morgan fingerprint density at radius 2 is 1.70 bits per heavy atom. The highest BCUT2D eigenvalue weighted by molar-refractivity contribution is 7.89. The van der Waals surface area contributed by atoms with Crippen LogP contribution in [-0.2, 0) is 21.2 Å². The van der Waals surface area contributed by atoms with Crippen LogP contribution in [-0.4, -0.2) is 27.5 Å². The van der Waals surface area contributed by atoms with Crippen LogP contribution < -0.4 is 14.8 Å². The summed E-state index contributed by atoms with van der Waals surface area (Å²) in [4.78, 5) is 13.1. The third kappa shape index (κ3) is 6.40. The molecule has 6 nitrogen and oxygen atoms in total. The second kappa shape index (κ2) is 10.6. The van der Waals surface area contributed by atoms with Crippen LogP contribution in [0.5, 0.6) is 5.75 Å². The van der Waals surface area contributed by atoms with Crippen molar-refractivity contribution in [2.45, 2.75) is 37.2 Å². The number of carbonyl (C=O) groups excluding carboxylic acids is 1. The summed E-state index contributed by atoms with van der Waals surface area (Å²) in [6.07, 6.45) is 0.149. The fourth-order valence-corrected chi connectivity index (χ4v) is 4.88. The normalized spacial score (nSPS) is 13.2. The predicted octanol–water partition coefficient (Wildman–Crippen LogP) is 3.91. The molecule has 0 saturated heterocycles. The van der Waals surface area contributed by atoms with Gasteiger partial charge in [-0.2, -0.15) is 4.72 Å². The second-order valence-corrected chi connectivity index (χ2v) is 9.48. The molecule has 3 aromatic rings. The minimum atomic E-state index is -4.08. The van der Waals surface area contributed by atoms with Crippen LogP contribution in [0.4, 0.5) is 4.39 Å². The van der Waals surface area contributed by atoms with Crippen LogP contribution >= 0.6 is 0 Å². The molecule has 0 spiro atoms. The van der Waals surface area contributed by atoms with Crippen LogP contribution in [0.3, 0.4) is 0 Å².